The average Bonchev–Trinajstić information content (AvgIpc) is 3.39. The third-order valence-electron chi connectivity index (χ3n) is 3.77. The van der Waals surface area contributed by atoms with Crippen molar-refractivity contribution in [3.8, 4) is 23.0 Å². The number of hydrogen-bond donors (Lipinski definition) is 2. The number of ether oxygens (including phenoxy) is 2. The number of carbonyl (C=O) groups excluding carboxylic acids is 2. The van der Waals surface area contributed by atoms with Crippen LogP contribution in [0.1, 0.15) is 10.4 Å². The minimum absolute atomic E-state index is 0.0630. The summed E-state index contributed by atoms with van der Waals surface area (Å²) >= 11 is 1.01. The van der Waals surface area contributed by atoms with Crippen molar-refractivity contribution in [2.45, 2.75) is 5.22 Å². The highest BCUT2D eigenvalue weighted by Gasteiger charge is 2.17. The zero-order valence-electron chi connectivity index (χ0n) is 14.7. The summed E-state index contributed by atoms with van der Waals surface area (Å²) in [5.41, 5.74) is 5.37. The lowest BCUT2D eigenvalue weighted by molar-refractivity contribution is -0.119. The molecule has 11 heteroatoms. The van der Waals surface area contributed by atoms with Gasteiger partial charge < -0.3 is 13.9 Å². The van der Waals surface area contributed by atoms with Crippen molar-refractivity contribution in [2.75, 3.05) is 12.5 Å². The van der Waals surface area contributed by atoms with Crippen molar-refractivity contribution in [3.05, 3.63) is 53.8 Å². The Labute approximate surface area is 167 Å². The second-order valence-electron chi connectivity index (χ2n) is 5.74. The molecule has 2 amide bonds. The Bertz CT molecular complexity index is 1060. The van der Waals surface area contributed by atoms with E-state index >= 15 is 0 Å². The quantitative estimate of drug-likeness (QED) is 0.480. The SMILES string of the molecule is O=C(CSc1nnc(-c2ccc3c(c2)OCO3)o1)NNC(=O)c1ccc(F)cc1. The number of thioether (sulfide) groups is 1. The highest BCUT2D eigenvalue weighted by Crippen LogP contribution is 2.35. The first-order chi connectivity index (χ1) is 14.1. The van der Waals surface area contributed by atoms with Gasteiger partial charge in [-0.3, -0.25) is 20.4 Å². The molecular formula is C18H13FN4O5S. The van der Waals surface area contributed by atoms with Crippen molar-refractivity contribution in [3.63, 3.8) is 0 Å². The molecule has 0 fully saturated rings. The van der Waals surface area contributed by atoms with E-state index in [1.807, 2.05) is 0 Å². The highest BCUT2D eigenvalue weighted by atomic mass is 32.2. The maximum Gasteiger partial charge on any atom is 0.277 e. The number of fused-ring (bicyclic) bond motifs is 1. The molecule has 148 valence electrons. The van der Waals surface area contributed by atoms with Gasteiger partial charge >= 0.3 is 0 Å². The molecule has 1 aliphatic heterocycles. The molecule has 3 aromatic rings. The fourth-order valence-corrected chi connectivity index (χ4v) is 2.94. The number of amides is 2. The summed E-state index contributed by atoms with van der Waals surface area (Å²) in [6.07, 6.45) is 0. The molecule has 0 unspecified atom stereocenters. The van der Waals surface area contributed by atoms with E-state index in [9.17, 15) is 14.0 Å². The van der Waals surface area contributed by atoms with Gasteiger partial charge in [-0.2, -0.15) is 0 Å². The Balaban J connectivity index is 1.28. The molecule has 0 radical (unpaired) electrons. The van der Waals surface area contributed by atoms with Crippen molar-refractivity contribution >= 4 is 23.6 Å². The number of nitrogens with one attached hydrogen (secondary N) is 2. The predicted molar refractivity (Wildman–Crippen MR) is 98.6 cm³/mol. The Hall–Kier alpha value is -3.60. The van der Waals surface area contributed by atoms with Crippen LogP contribution >= 0.6 is 11.8 Å². The van der Waals surface area contributed by atoms with Crippen LogP contribution in [0.2, 0.25) is 0 Å². The minimum atomic E-state index is -0.564. The van der Waals surface area contributed by atoms with E-state index in [4.69, 9.17) is 13.9 Å². The van der Waals surface area contributed by atoms with Crippen LogP contribution in [0.15, 0.2) is 52.1 Å². The average molecular weight is 416 g/mol. The Morgan fingerprint density at radius 3 is 2.66 bits per heavy atom. The van der Waals surface area contributed by atoms with E-state index in [2.05, 4.69) is 21.0 Å². The first-order valence-electron chi connectivity index (χ1n) is 8.29. The van der Waals surface area contributed by atoms with Crippen LogP contribution in [-0.4, -0.2) is 34.6 Å². The lowest BCUT2D eigenvalue weighted by atomic mass is 10.2. The number of hydrazine groups is 1. The molecule has 29 heavy (non-hydrogen) atoms. The maximum atomic E-state index is 12.9. The number of nitrogens with zero attached hydrogens (tertiary/aromatic N) is 2. The summed E-state index contributed by atoms with van der Waals surface area (Å²) in [7, 11) is 0. The second kappa shape index (κ2) is 8.19. The molecule has 2 heterocycles. The number of benzene rings is 2. The molecule has 0 saturated carbocycles. The molecule has 1 aromatic heterocycles. The zero-order valence-corrected chi connectivity index (χ0v) is 15.5. The van der Waals surface area contributed by atoms with Gasteiger partial charge in [-0.05, 0) is 42.5 Å². The summed E-state index contributed by atoms with van der Waals surface area (Å²) in [4.78, 5) is 23.7. The molecule has 4 rings (SSSR count). The Morgan fingerprint density at radius 1 is 1.03 bits per heavy atom. The first-order valence-corrected chi connectivity index (χ1v) is 9.28. The number of rotatable bonds is 5. The van der Waals surface area contributed by atoms with E-state index in [0.29, 0.717) is 17.1 Å². The minimum Gasteiger partial charge on any atom is -0.454 e. The van der Waals surface area contributed by atoms with Crippen LogP contribution in [0.5, 0.6) is 11.5 Å². The van der Waals surface area contributed by atoms with Gasteiger partial charge in [0.25, 0.3) is 11.1 Å². The monoisotopic (exact) mass is 416 g/mol. The van der Waals surface area contributed by atoms with Crippen LogP contribution in [0.25, 0.3) is 11.5 Å². The van der Waals surface area contributed by atoms with Gasteiger partial charge in [0.15, 0.2) is 11.5 Å². The summed E-state index contributed by atoms with van der Waals surface area (Å²) in [5.74, 6) is -0.0580. The third-order valence-corrected chi connectivity index (χ3v) is 4.59. The van der Waals surface area contributed by atoms with Crippen molar-refractivity contribution in [2.24, 2.45) is 0 Å². The number of aromatic nitrogens is 2. The van der Waals surface area contributed by atoms with Gasteiger partial charge in [-0.25, -0.2) is 4.39 Å². The smallest absolute Gasteiger partial charge is 0.277 e. The number of halogens is 1. The molecule has 2 aromatic carbocycles. The topological polar surface area (TPSA) is 116 Å². The van der Waals surface area contributed by atoms with Crippen LogP contribution in [0.3, 0.4) is 0 Å². The first kappa shape index (κ1) is 18.7. The lowest BCUT2D eigenvalue weighted by Crippen LogP contribution is -2.42. The van der Waals surface area contributed by atoms with Gasteiger partial charge in [0, 0.05) is 11.1 Å². The fraction of sp³-hybridized carbons (Fsp3) is 0.111. The molecule has 1 aliphatic rings. The van der Waals surface area contributed by atoms with Gasteiger partial charge in [0.1, 0.15) is 5.82 Å². The summed E-state index contributed by atoms with van der Waals surface area (Å²) in [6, 6.07) is 10.1. The van der Waals surface area contributed by atoms with E-state index in [-0.39, 0.29) is 29.2 Å². The van der Waals surface area contributed by atoms with Crippen LogP contribution in [0, 0.1) is 5.82 Å². The van der Waals surface area contributed by atoms with Crippen molar-refractivity contribution in [1.29, 1.82) is 0 Å². The fourth-order valence-electron chi connectivity index (χ4n) is 2.38. The lowest BCUT2D eigenvalue weighted by Gasteiger charge is -2.06. The molecule has 0 bridgehead atoms. The van der Waals surface area contributed by atoms with Crippen LogP contribution in [-0.2, 0) is 4.79 Å². The van der Waals surface area contributed by atoms with E-state index in [1.165, 1.54) is 12.1 Å². The van der Waals surface area contributed by atoms with Gasteiger partial charge in [-0.1, -0.05) is 11.8 Å². The van der Waals surface area contributed by atoms with Crippen molar-refractivity contribution in [1.82, 2.24) is 21.0 Å². The van der Waals surface area contributed by atoms with E-state index in [0.717, 1.165) is 23.9 Å². The standard InChI is InChI=1S/C18H13FN4O5S/c19-12-4-1-10(2-5-12)16(25)21-20-15(24)8-29-18-23-22-17(28-18)11-3-6-13-14(7-11)27-9-26-13/h1-7H,8-9H2,(H,20,24)(H,21,25). The van der Waals surface area contributed by atoms with Crippen molar-refractivity contribution < 1.29 is 27.9 Å². The van der Waals surface area contributed by atoms with Gasteiger partial charge in [0.2, 0.25) is 18.6 Å². The molecule has 2 N–H and O–H groups in total. The largest absolute Gasteiger partial charge is 0.454 e. The third kappa shape index (κ3) is 4.46. The Kier molecular flexibility index (Phi) is 5.29. The van der Waals surface area contributed by atoms with Gasteiger partial charge in [0.05, 0.1) is 5.75 Å². The molecule has 0 saturated heterocycles. The summed E-state index contributed by atoms with van der Waals surface area (Å²) in [5, 5.41) is 8.02. The Morgan fingerprint density at radius 2 is 1.83 bits per heavy atom. The molecule has 0 aliphatic carbocycles. The molecule has 9 nitrogen and oxygen atoms in total. The number of hydrogen-bond acceptors (Lipinski definition) is 8. The number of carbonyl (C=O) groups is 2. The van der Waals surface area contributed by atoms with E-state index in [1.54, 1.807) is 18.2 Å². The summed E-state index contributed by atoms with van der Waals surface area (Å²) < 4.78 is 28.9. The van der Waals surface area contributed by atoms with Crippen LogP contribution in [0.4, 0.5) is 4.39 Å². The summed E-state index contributed by atoms with van der Waals surface area (Å²) in [6.45, 7) is 0.163. The normalized spacial score (nSPS) is 11.9. The highest BCUT2D eigenvalue weighted by molar-refractivity contribution is 7.99. The molecule has 0 atom stereocenters. The van der Waals surface area contributed by atoms with E-state index < -0.39 is 17.6 Å². The second-order valence-corrected chi connectivity index (χ2v) is 6.67. The molecular weight excluding hydrogens is 403 g/mol. The maximum absolute atomic E-state index is 12.9. The predicted octanol–water partition coefficient (Wildman–Crippen LogP) is 2.16. The van der Waals surface area contributed by atoms with Crippen LogP contribution < -0.4 is 20.3 Å². The van der Waals surface area contributed by atoms with Gasteiger partial charge in [-0.15, -0.1) is 10.2 Å². The molecule has 0 spiro atoms. The zero-order chi connectivity index (χ0) is 20.2.